The molecule has 1 N–H and O–H groups in total. The zero-order valence-corrected chi connectivity index (χ0v) is 12.8. The van der Waals surface area contributed by atoms with E-state index in [4.69, 9.17) is 4.74 Å². The predicted molar refractivity (Wildman–Crippen MR) is 80.8 cm³/mol. The smallest absolute Gasteiger partial charge is 0.109 e. The van der Waals surface area contributed by atoms with Crippen LogP contribution in [0.3, 0.4) is 0 Å². The van der Waals surface area contributed by atoms with Crippen molar-refractivity contribution in [3.05, 3.63) is 18.2 Å². The summed E-state index contributed by atoms with van der Waals surface area (Å²) in [5.41, 5.74) is 0. The molecule has 1 aliphatic rings. The fourth-order valence-corrected chi connectivity index (χ4v) is 2.79. The summed E-state index contributed by atoms with van der Waals surface area (Å²) < 4.78 is 7.16. The van der Waals surface area contributed by atoms with E-state index in [9.17, 15) is 0 Å². The highest BCUT2D eigenvalue weighted by Crippen LogP contribution is 2.16. The lowest BCUT2D eigenvalue weighted by atomic mass is 9.96. The first-order chi connectivity index (χ1) is 9.79. The second-order valence-electron chi connectivity index (χ2n) is 5.69. The molecular formula is C15H28N4O. The number of nitrogens with one attached hydrogen (secondary N) is 1. The molecule has 2 heterocycles. The minimum absolute atomic E-state index is 0.808. The molecule has 0 unspecified atom stereocenters. The first-order valence-corrected chi connectivity index (χ1v) is 7.68. The third kappa shape index (κ3) is 4.89. The Hall–Kier alpha value is -0.910. The van der Waals surface area contributed by atoms with Crippen LogP contribution in [0.2, 0.25) is 0 Å². The quantitative estimate of drug-likeness (QED) is 0.719. The number of nitrogens with zero attached hydrogens (tertiary/aromatic N) is 3. The van der Waals surface area contributed by atoms with Gasteiger partial charge in [-0.15, -0.1) is 0 Å². The van der Waals surface area contributed by atoms with Gasteiger partial charge in [0, 0.05) is 46.1 Å². The van der Waals surface area contributed by atoms with Gasteiger partial charge in [-0.2, -0.15) is 0 Å². The Kier molecular flexibility index (Phi) is 6.50. The van der Waals surface area contributed by atoms with Gasteiger partial charge in [-0.3, -0.25) is 0 Å². The van der Waals surface area contributed by atoms with Gasteiger partial charge >= 0.3 is 0 Å². The molecule has 1 aliphatic heterocycles. The zero-order chi connectivity index (χ0) is 14.2. The molecule has 5 nitrogen and oxygen atoms in total. The van der Waals surface area contributed by atoms with Gasteiger partial charge in [0.05, 0.1) is 6.61 Å². The highest BCUT2D eigenvalue weighted by Gasteiger charge is 2.18. The molecule has 0 aromatic carbocycles. The molecule has 5 heteroatoms. The molecule has 2 rings (SSSR count). The van der Waals surface area contributed by atoms with Crippen molar-refractivity contribution in [3.8, 4) is 0 Å². The lowest BCUT2D eigenvalue weighted by Gasteiger charge is -2.32. The Morgan fingerprint density at radius 1 is 1.40 bits per heavy atom. The number of hydrogen-bond donors (Lipinski definition) is 1. The Labute approximate surface area is 122 Å². The molecular weight excluding hydrogens is 252 g/mol. The van der Waals surface area contributed by atoms with Crippen LogP contribution in [-0.4, -0.2) is 60.9 Å². The summed E-state index contributed by atoms with van der Waals surface area (Å²) >= 11 is 0. The molecule has 1 aromatic rings. The van der Waals surface area contributed by atoms with Gasteiger partial charge in [-0.05, 0) is 38.4 Å². The summed E-state index contributed by atoms with van der Waals surface area (Å²) in [6.07, 6.45) is 7.57. The average Bonchev–Trinajstić information content (AvgIpc) is 2.88. The van der Waals surface area contributed by atoms with E-state index >= 15 is 0 Å². The van der Waals surface area contributed by atoms with Crippen LogP contribution in [0.15, 0.2) is 12.4 Å². The number of methoxy groups -OCH3 is 1. The molecule has 20 heavy (non-hydrogen) atoms. The van der Waals surface area contributed by atoms with Gasteiger partial charge in [0.1, 0.15) is 5.82 Å². The van der Waals surface area contributed by atoms with E-state index in [0.717, 1.165) is 38.6 Å². The number of aromatic nitrogens is 2. The van der Waals surface area contributed by atoms with Crippen molar-refractivity contribution in [2.45, 2.75) is 19.3 Å². The van der Waals surface area contributed by atoms with Gasteiger partial charge in [0.25, 0.3) is 0 Å². The van der Waals surface area contributed by atoms with Crippen LogP contribution < -0.4 is 5.32 Å². The molecule has 0 amide bonds. The monoisotopic (exact) mass is 280 g/mol. The molecule has 114 valence electrons. The highest BCUT2D eigenvalue weighted by molar-refractivity contribution is 4.92. The molecule has 0 spiro atoms. The van der Waals surface area contributed by atoms with Crippen LogP contribution in [0.4, 0.5) is 0 Å². The van der Waals surface area contributed by atoms with Crippen molar-refractivity contribution in [1.82, 2.24) is 19.8 Å². The molecule has 1 fully saturated rings. The SMILES string of the molecule is COCCNCC1CCN(CCc2nccn2C)CC1. The molecule has 0 bridgehead atoms. The molecule has 0 saturated carbocycles. The summed E-state index contributed by atoms with van der Waals surface area (Å²) in [7, 11) is 3.82. The topological polar surface area (TPSA) is 42.3 Å². The lowest BCUT2D eigenvalue weighted by molar-refractivity contribution is 0.173. The fourth-order valence-electron chi connectivity index (χ4n) is 2.79. The van der Waals surface area contributed by atoms with Crippen molar-refractivity contribution in [1.29, 1.82) is 0 Å². The van der Waals surface area contributed by atoms with E-state index in [1.165, 1.54) is 31.8 Å². The summed E-state index contributed by atoms with van der Waals surface area (Å²) in [6.45, 7) is 6.49. The number of ether oxygens (including phenoxy) is 1. The first kappa shape index (κ1) is 15.5. The van der Waals surface area contributed by atoms with Gasteiger partial charge < -0.3 is 19.5 Å². The number of likely N-dealkylation sites (tertiary alicyclic amines) is 1. The summed E-state index contributed by atoms with van der Waals surface area (Å²) in [6, 6.07) is 0. The number of aryl methyl sites for hydroxylation is 1. The molecule has 0 aliphatic carbocycles. The minimum atomic E-state index is 0.808. The van der Waals surface area contributed by atoms with Crippen molar-refractivity contribution < 1.29 is 4.74 Å². The van der Waals surface area contributed by atoms with Crippen molar-refractivity contribution in [3.63, 3.8) is 0 Å². The van der Waals surface area contributed by atoms with E-state index in [0.29, 0.717) is 0 Å². The standard InChI is InChI=1S/C15H28N4O/c1-18-11-6-17-15(18)5-10-19-8-3-14(4-9-19)13-16-7-12-20-2/h6,11,14,16H,3-5,7-10,12-13H2,1-2H3. The van der Waals surface area contributed by atoms with Crippen molar-refractivity contribution in [2.24, 2.45) is 13.0 Å². The van der Waals surface area contributed by atoms with Crippen LogP contribution in [0.5, 0.6) is 0 Å². The third-order valence-electron chi connectivity index (χ3n) is 4.20. The van der Waals surface area contributed by atoms with E-state index in [2.05, 4.69) is 26.8 Å². The lowest BCUT2D eigenvalue weighted by Crippen LogP contribution is -2.38. The van der Waals surface area contributed by atoms with Crippen LogP contribution >= 0.6 is 0 Å². The molecule has 0 atom stereocenters. The largest absolute Gasteiger partial charge is 0.383 e. The maximum Gasteiger partial charge on any atom is 0.109 e. The van der Waals surface area contributed by atoms with Crippen molar-refractivity contribution in [2.75, 3.05) is 46.4 Å². The Morgan fingerprint density at radius 3 is 2.85 bits per heavy atom. The second-order valence-corrected chi connectivity index (χ2v) is 5.69. The average molecular weight is 280 g/mol. The molecule has 1 saturated heterocycles. The van der Waals surface area contributed by atoms with Crippen LogP contribution in [-0.2, 0) is 18.2 Å². The minimum Gasteiger partial charge on any atom is -0.383 e. The van der Waals surface area contributed by atoms with Gasteiger partial charge in [0.15, 0.2) is 0 Å². The number of hydrogen-bond acceptors (Lipinski definition) is 4. The van der Waals surface area contributed by atoms with Crippen LogP contribution in [0.25, 0.3) is 0 Å². The normalized spacial score (nSPS) is 17.7. The van der Waals surface area contributed by atoms with Gasteiger partial charge in [-0.25, -0.2) is 4.98 Å². The summed E-state index contributed by atoms with van der Waals surface area (Å²) in [5.74, 6) is 2.02. The second kappa shape index (κ2) is 8.39. The summed E-state index contributed by atoms with van der Waals surface area (Å²) in [5, 5.41) is 3.48. The maximum absolute atomic E-state index is 5.05. The Balaban J connectivity index is 1.58. The Bertz CT molecular complexity index is 372. The highest BCUT2D eigenvalue weighted by atomic mass is 16.5. The maximum atomic E-state index is 5.05. The molecule has 0 radical (unpaired) electrons. The summed E-state index contributed by atoms with van der Waals surface area (Å²) in [4.78, 5) is 6.96. The predicted octanol–water partition coefficient (Wildman–Crippen LogP) is 0.911. The van der Waals surface area contributed by atoms with E-state index in [-0.39, 0.29) is 0 Å². The molecule has 1 aromatic heterocycles. The number of piperidine rings is 1. The Morgan fingerprint density at radius 2 is 2.20 bits per heavy atom. The van der Waals surface area contributed by atoms with E-state index in [1.54, 1.807) is 7.11 Å². The zero-order valence-electron chi connectivity index (χ0n) is 12.8. The van der Waals surface area contributed by atoms with Crippen LogP contribution in [0.1, 0.15) is 18.7 Å². The van der Waals surface area contributed by atoms with Gasteiger partial charge in [0.2, 0.25) is 0 Å². The van der Waals surface area contributed by atoms with Gasteiger partial charge in [-0.1, -0.05) is 0 Å². The fraction of sp³-hybridized carbons (Fsp3) is 0.800. The van der Waals surface area contributed by atoms with Crippen molar-refractivity contribution >= 4 is 0 Å². The van der Waals surface area contributed by atoms with E-state index < -0.39 is 0 Å². The first-order valence-electron chi connectivity index (χ1n) is 7.68. The van der Waals surface area contributed by atoms with Crippen LogP contribution in [0, 0.1) is 5.92 Å². The van der Waals surface area contributed by atoms with E-state index in [1.807, 2.05) is 12.4 Å². The number of imidazole rings is 1. The number of rotatable bonds is 8. The third-order valence-corrected chi connectivity index (χ3v) is 4.20.